The number of hydrogen-bond donors (Lipinski definition) is 1. The van der Waals surface area contributed by atoms with Crippen molar-refractivity contribution in [1.82, 2.24) is 15.0 Å². The van der Waals surface area contributed by atoms with Crippen molar-refractivity contribution in [1.29, 1.82) is 0 Å². The smallest absolute Gasteiger partial charge is 0.329 e. The zero-order valence-electron chi connectivity index (χ0n) is 17.8. The second kappa shape index (κ2) is 7.66. The van der Waals surface area contributed by atoms with Crippen LogP contribution < -0.4 is 0 Å². The van der Waals surface area contributed by atoms with Crippen LogP contribution in [0.2, 0.25) is 0 Å². The average molecular weight is 458 g/mol. The van der Waals surface area contributed by atoms with Crippen LogP contribution in [0, 0.1) is 23.2 Å². The summed E-state index contributed by atoms with van der Waals surface area (Å²) in [5.41, 5.74) is 0.502. The second-order valence-electron chi connectivity index (χ2n) is 10.2. The maximum Gasteiger partial charge on any atom is 0.329 e. The molecule has 4 bridgehead atoms. The van der Waals surface area contributed by atoms with Crippen molar-refractivity contribution < 1.29 is 24.0 Å². The van der Waals surface area contributed by atoms with Crippen molar-refractivity contribution in [2.45, 2.75) is 63.7 Å². The van der Waals surface area contributed by atoms with Crippen molar-refractivity contribution in [2.24, 2.45) is 23.2 Å². The molecule has 0 spiro atoms. The highest BCUT2D eigenvalue weighted by molar-refractivity contribution is 7.08. The van der Waals surface area contributed by atoms with Gasteiger partial charge in [0.05, 0.1) is 11.5 Å². The van der Waals surface area contributed by atoms with Gasteiger partial charge >= 0.3 is 5.97 Å². The van der Waals surface area contributed by atoms with E-state index in [1.165, 1.54) is 30.6 Å². The first-order valence-corrected chi connectivity index (χ1v) is 12.4. The van der Waals surface area contributed by atoms with E-state index in [1.807, 2.05) is 16.8 Å². The van der Waals surface area contributed by atoms with Crippen LogP contribution in [0.5, 0.6) is 0 Å². The number of aliphatic hydroxyl groups excluding tert-OH is 1. The minimum Gasteiger partial charge on any atom is -0.454 e. The summed E-state index contributed by atoms with van der Waals surface area (Å²) in [7, 11) is 0. The van der Waals surface area contributed by atoms with Gasteiger partial charge in [-0.2, -0.15) is 16.3 Å². The molecule has 32 heavy (non-hydrogen) atoms. The van der Waals surface area contributed by atoms with E-state index in [0.717, 1.165) is 24.8 Å². The molecule has 1 N–H and O–H groups in total. The summed E-state index contributed by atoms with van der Waals surface area (Å²) < 4.78 is 10.7. The summed E-state index contributed by atoms with van der Waals surface area (Å²) in [6, 6.07) is 1.13. The maximum absolute atomic E-state index is 13.7. The SMILES string of the molecule is O=C(OCc1nc(-c2ccsc2)no1)[C@@H]1CC(O)CN1C(=O)C12CC3CC(CC(C3)C1)C2. The van der Waals surface area contributed by atoms with Gasteiger partial charge < -0.3 is 19.3 Å². The van der Waals surface area contributed by atoms with Gasteiger partial charge in [0.1, 0.15) is 6.04 Å². The lowest BCUT2D eigenvalue weighted by Crippen LogP contribution is -2.56. The van der Waals surface area contributed by atoms with Crippen molar-refractivity contribution in [3.05, 3.63) is 22.7 Å². The summed E-state index contributed by atoms with van der Waals surface area (Å²) in [5, 5.41) is 18.1. The van der Waals surface area contributed by atoms with Gasteiger partial charge in [-0.25, -0.2) is 4.79 Å². The predicted molar refractivity (Wildman–Crippen MR) is 114 cm³/mol. The van der Waals surface area contributed by atoms with Crippen LogP contribution in [0.3, 0.4) is 0 Å². The average Bonchev–Trinajstić information content (AvgIpc) is 3.51. The number of carbonyl (C=O) groups is 2. The minimum atomic E-state index is -0.759. The number of aliphatic hydroxyl groups is 1. The van der Waals surface area contributed by atoms with Crippen LogP contribution in [0.4, 0.5) is 0 Å². The van der Waals surface area contributed by atoms with E-state index in [9.17, 15) is 14.7 Å². The number of ether oxygens (including phenoxy) is 1. The number of carbonyl (C=O) groups excluding carboxylic acids is 2. The number of nitrogens with zero attached hydrogens (tertiary/aromatic N) is 3. The Kier molecular flexibility index (Phi) is 4.87. The quantitative estimate of drug-likeness (QED) is 0.688. The highest BCUT2D eigenvalue weighted by Gasteiger charge is 2.57. The summed E-state index contributed by atoms with van der Waals surface area (Å²) in [6.07, 6.45) is 6.03. The Bertz CT molecular complexity index is 983. The Labute approximate surface area is 189 Å². The number of hydrogen-bond acceptors (Lipinski definition) is 8. The van der Waals surface area contributed by atoms with Gasteiger partial charge in [0.2, 0.25) is 11.7 Å². The maximum atomic E-state index is 13.7. The molecule has 5 fully saturated rings. The molecule has 2 aromatic rings. The van der Waals surface area contributed by atoms with E-state index in [4.69, 9.17) is 9.26 Å². The van der Waals surface area contributed by atoms with E-state index < -0.39 is 18.1 Å². The Morgan fingerprint density at radius 2 is 1.91 bits per heavy atom. The van der Waals surface area contributed by atoms with Crippen LogP contribution in [-0.4, -0.2) is 50.7 Å². The van der Waals surface area contributed by atoms with Gasteiger partial charge in [-0.1, -0.05) is 5.16 Å². The third-order valence-corrected chi connectivity index (χ3v) is 8.57. The highest BCUT2D eigenvalue weighted by atomic mass is 32.1. The predicted octanol–water partition coefficient (Wildman–Crippen LogP) is 3.02. The Morgan fingerprint density at radius 3 is 2.56 bits per heavy atom. The zero-order valence-corrected chi connectivity index (χ0v) is 18.6. The van der Waals surface area contributed by atoms with Crippen molar-refractivity contribution in [3.63, 3.8) is 0 Å². The molecule has 2 aromatic heterocycles. The molecular formula is C23H27N3O5S. The van der Waals surface area contributed by atoms with Gasteiger partial charge in [-0.05, 0) is 67.7 Å². The van der Waals surface area contributed by atoms with Crippen LogP contribution >= 0.6 is 11.3 Å². The third-order valence-electron chi connectivity index (χ3n) is 7.89. The summed E-state index contributed by atoms with van der Waals surface area (Å²) in [4.78, 5) is 32.5. The largest absolute Gasteiger partial charge is 0.454 e. The molecule has 7 rings (SSSR count). The molecule has 3 heterocycles. The topological polar surface area (TPSA) is 106 Å². The molecule has 8 nitrogen and oxygen atoms in total. The van der Waals surface area contributed by atoms with Gasteiger partial charge in [-0.15, -0.1) is 0 Å². The Balaban J connectivity index is 1.14. The molecular weight excluding hydrogens is 430 g/mol. The number of rotatable bonds is 5. The lowest BCUT2D eigenvalue weighted by Gasteiger charge is -2.56. The summed E-state index contributed by atoms with van der Waals surface area (Å²) in [6.45, 7) is 0.0468. The standard InChI is InChI=1S/C23H27N3O5S/c27-17-6-18(21(28)30-11-19-24-20(25-31-19)16-1-2-32-12-16)26(10-17)22(29)23-7-13-3-14(8-23)5-15(4-13)9-23/h1-2,12-15,17-18,27H,3-11H2/t13?,14?,15?,17?,18-,23?/m0/s1. The van der Waals surface area contributed by atoms with Gasteiger partial charge in [0, 0.05) is 23.9 Å². The molecule has 1 unspecified atom stereocenters. The van der Waals surface area contributed by atoms with Crippen LogP contribution in [0.15, 0.2) is 21.3 Å². The number of thiophene rings is 1. The van der Waals surface area contributed by atoms with Gasteiger partial charge in [-0.3, -0.25) is 4.79 Å². The molecule has 1 amide bonds. The van der Waals surface area contributed by atoms with E-state index in [2.05, 4.69) is 10.1 Å². The normalized spacial score (nSPS) is 35.4. The first-order valence-electron chi connectivity index (χ1n) is 11.5. The molecule has 170 valence electrons. The third kappa shape index (κ3) is 3.46. The zero-order chi connectivity index (χ0) is 21.9. The second-order valence-corrected chi connectivity index (χ2v) is 11.0. The molecule has 2 atom stereocenters. The van der Waals surface area contributed by atoms with Gasteiger partial charge in [0.15, 0.2) is 6.61 Å². The lowest BCUT2D eigenvalue weighted by atomic mass is 9.49. The molecule has 0 aromatic carbocycles. The lowest BCUT2D eigenvalue weighted by molar-refractivity contribution is -0.166. The minimum absolute atomic E-state index is 0.0487. The fourth-order valence-electron chi connectivity index (χ4n) is 6.99. The molecule has 1 aliphatic heterocycles. The van der Waals surface area contributed by atoms with Crippen LogP contribution in [-0.2, 0) is 20.9 Å². The fraction of sp³-hybridized carbons (Fsp3) is 0.652. The molecule has 5 aliphatic rings. The number of likely N-dealkylation sites (tertiary alicyclic amines) is 1. The van der Waals surface area contributed by atoms with E-state index in [0.29, 0.717) is 23.6 Å². The van der Waals surface area contributed by atoms with E-state index in [1.54, 1.807) is 4.90 Å². The Hall–Kier alpha value is -2.26. The first kappa shape index (κ1) is 20.4. The first-order chi connectivity index (χ1) is 15.5. The number of aromatic nitrogens is 2. The number of esters is 1. The Morgan fingerprint density at radius 1 is 1.19 bits per heavy atom. The van der Waals surface area contributed by atoms with Crippen molar-refractivity contribution >= 4 is 23.2 Å². The molecule has 0 radical (unpaired) electrons. The monoisotopic (exact) mass is 457 g/mol. The number of β-amino-alcohol motifs (C(OH)–C–C–N with tert-alkyl or cyclic N) is 1. The molecule has 4 saturated carbocycles. The van der Waals surface area contributed by atoms with Crippen molar-refractivity contribution in [2.75, 3.05) is 6.54 Å². The van der Waals surface area contributed by atoms with Crippen molar-refractivity contribution in [3.8, 4) is 11.4 Å². The molecule has 9 heteroatoms. The van der Waals surface area contributed by atoms with E-state index in [-0.39, 0.29) is 36.8 Å². The van der Waals surface area contributed by atoms with E-state index >= 15 is 0 Å². The molecule has 4 aliphatic carbocycles. The van der Waals surface area contributed by atoms with Crippen LogP contribution in [0.1, 0.15) is 50.8 Å². The fourth-order valence-corrected chi connectivity index (χ4v) is 7.62. The van der Waals surface area contributed by atoms with Gasteiger partial charge in [0.25, 0.3) is 5.89 Å². The van der Waals surface area contributed by atoms with Crippen LogP contribution in [0.25, 0.3) is 11.4 Å². The highest BCUT2D eigenvalue weighted by Crippen LogP contribution is 2.60. The summed E-state index contributed by atoms with van der Waals surface area (Å²) >= 11 is 1.53. The summed E-state index contributed by atoms with van der Waals surface area (Å²) in [5.74, 6) is 2.10. The number of amides is 1. The molecule has 1 saturated heterocycles.